The molecular weight excluding hydrogens is 60.1 g/mol. The van der Waals surface area contributed by atoms with Crippen LogP contribution in [-0.2, 0) is 0 Å². The van der Waals surface area contributed by atoms with Crippen molar-refractivity contribution in [3.8, 4) is 0 Å². The van der Waals surface area contributed by atoms with E-state index in [0.717, 1.165) is 0 Å². The quantitative estimate of drug-likeness (QED) is 0.400. The van der Waals surface area contributed by atoms with Crippen molar-refractivity contribution in [2.75, 3.05) is 0 Å². The molecule has 0 atom stereocenters. The average Bonchev–Trinajstić information content (AvgIpc) is 1.41. The second-order valence-corrected chi connectivity index (χ2v) is 0.526. The summed E-state index contributed by atoms with van der Waals surface area (Å²) < 4.78 is 0. The van der Waals surface area contributed by atoms with Crippen LogP contribution in [0.3, 0.4) is 0 Å². The maximum Gasteiger partial charge on any atom is -0.00922 e. The minimum absolute atomic E-state index is 1.32. The highest BCUT2D eigenvalue weighted by Gasteiger charge is 1.44. The lowest BCUT2D eigenvalue weighted by molar-refractivity contribution is 1.90. The van der Waals surface area contributed by atoms with Gasteiger partial charge in [0, 0.05) is 0 Å². The Morgan fingerprint density at radius 3 is 2.20 bits per heavy atom. The third-order valence-electron chi connectivity index (χ3n) is 0.192. The summed E-state index contributed by atoms with van der Waals surface area (Å²) in [6.07, 6.45) is 4.96. The van der Waals surface area contributed by atoms with Crippen LogP contribution < -0.4 is 0 Å². The van der Waals surface area contributed by atoms with Crippen LogP contribution in [0, 0.1) is 19.6 Å². The molecule has 0 nitrogen and oxygen atoms in total. The lowest BCUT2D eigenvalue weighted by atomic mass is 10.5. The first-order valence-electron chi connectivity index (χ1n) is 1.24. The molecule has 0 saturated carbocycles. The maximum atomic E-state index is 4.82. The van der Waals surface area contributed by atoms with Crippen LogP contribution in [0.1, 0.15) is 0 Å². The zero-order valence-electron chi connectivity index (χ0n) is 2.81. The summed E-state index contributed by atoms with van der Waals surface area (Å²) in [6, 6.07) is 0. The summed E-state index contributed by atoms with van der Waals surface area (Å²) in [5.74, 6) is 0. The third kappa shape index (κ3) is 3.48. The van der Waals surface area contributed by atoms with Gasteiger partial charge in [-0.15, -0.1) is 0 Å². The molecule has 0 rings (SSSR count). The number of hydrogen-bond acceptors (Lipinski definition) is 0. The van der Waals surface area contributed by atoms with E-state index in [-0.39, 0.29) is 0 Å². The molecule has 0 saturated heterocycles. The SMILES string of the molecule is [CH]/C=C/[C]=[CH]. The van der Waals surface area contributed by atoms with Crippen LogP contribution in [0.15, 0.2) is 12.2 Å². The van der Waals surface area contributed by atoms with Gasteiger partial charge in [0.15, 0.2) is 0 Å². The Morgan fingerprint density at radius 1 is 1.60 bits per heavy atom. The van der Waals surface area contributed by atoms with E-state index in [1.165, 1.54) is 12.2 Å². The first-order chi connectivity index (χ1) is 2.41. The van der Waals surface area contributed by atoms with Gasteiger partial charge in [0.2, 0.25) is 0 Å². The van der Waals surface area contributed by atoms with Crippen LogP contribution in [0.5, 0.6) is 0 Å². The average molecular weight is 64.1 g/mol. The zero-order valence-corrected chi connectivity index (χ0v) is 2.81. The van der Waals surface area contributed by atoms with E-state index in [9.17, 15) is 0 Å². The molecule has 0 aromatic heterocycles. The summed E-state index contributed by atoms with van der Waals surface area (Å²) >= 11 is 0. The highest BCUT2D eigenvalue weighted by atomic mass is 13.5. The fourth-order valence-electron chi connectivity index (χ4n) is 0.0556. The van der Waals surface area contributed by atoms with Gasteiger partial charge in [0.1, 0.15) is 0 Å². The highest BCUT2D eigenvalue weighted by molar-refractivity contribution is 4.90. The topological polar surface area (TPSA) is 0 Å². The van der Waals surface area contributed by atoms with E-state index in [1.807, 2.05) is 0 Å². The molecule has 0 bridgehead atoms. The summed E-state index contributed by atoms with van der Waals surface area (Å²) in [6.45, 7) is 9.54. The molecule has 0 aromatic carbocycles. The summed E-state index contributed by atoms with van der Waals surface area (Å²) in [7, 11) is 0. The Kier molecular flexibility index (Phi) is 3.12. The molecule has 0 fully saturated rings. The predicted octanol–water partition coefficient (Wildman–Crippen LogP) is 1.05. The molecule has 0 N–H and O–H groups in total. The van der Waals surface area contributed by atoms with Crippen molar-refractivity contribution >= 4 is 0 Å². The van der Waals surface area contributed by atoms with E-state index in [2.05, 4.69) is 6.08 Å². The van der Waals surface area contributed by atoms with Crippen molar-refractivity contribution in [1.82, 2.24) is 0 Å². The molecule has 0 aliphatic heterocycles. The van der Waals surface area contributed by atoms with Gasteiger partial charge in [-0.3, -0.25) is 0 Å². The van der Waals surface area contributed by atoms with Crippen LogP contribution in [-0.4, -0.2) is 0 Å². The molecule has 0 heteroatoms. The van der Waals surface area contributed by atoms with Crippen molar-refractivity contribution in [2.45, 2.75) is 0 Å². The first-order valence-corrected chi connectivity index (χ1v) is 1.24. The molecule has 0 amide bonds. The van der Waals surface area contributed by atoms with Gasteiger partial charge in [-0.25, -0.2) is 0 Å². The molecule has 0 aliphatic carbocycles. The fourth-order valence-corrected chi connectivity index (χ4v) is 0.0556. The lowest BCUT2D eigenvalue weighted by Crippen LogP contribution is -1.36. The summed E-state index contributed by atoms with van der Waals surface area (Å²) in [4.78, 5) is 0. The van der Waals surface area contributed by atoms with Gasteiger partial charge in [-0.2, -0.15) is 0 Å². The van der Waals surface area contributed by atoms with Crippen molar-refractivity contribution in [3.63, 3.8) is 0 Å². The van der Waals surface area contributed by atoms with E-state index in [1.54, 1.807) is 0 Å². The Hall–Kier alpha value is -0.520. The second kappa shape index (κ2) is 3.48. The first kappa shape index (κ1) is 4.48. The van der Waals surface area contributed by atoms with Gasteiger partial charge >= 0.3 is 0 Å². The Labute approximate surface area is 32.8 Å². The molecule has 5 heavy (non-hydrogen) atoms. The lowest BCUT2D eigenvalue weighted by Gasteiger charge is -1.53. The van der Waals surface area contributed by atoms with Gasteiger partial charge in [-0.05, 0) is 13.0 Å². The van der Waals surface area contributed by atoms with Gasteiger partial charge < -0.3 is 0 Å². The third-order valence-corrected chi connectivity index (χ3v) is 0.192. The normalized spacial score (nSPS) is 9.00. The van der Waals surface area contributed by atoms with E-state index in [4.69, 9.17) is 13.5 Å². The minimum Gasteiger partial charge on any atom is -0.0796 e. The fraction of sp³-hybridized carbons (Fsp3) is 0. The Bertz CT molecular complexity index is 42.0. The van der Waals surface area contributed by atoms with Gasteiger partial charge in [0.25, 0.3) is 0 Å². The van der Waals surface area contributed by atoms with Gasteiger partial charge in [0.05, 0.1) is 0 Å². The molecule has 4 radical (unpaired) electrons. The predicted molar refractivity (Wildman–Crippen MR) is 21.0 cm³/mol. The Morgan fingerprint density at radius 2 is 2.20 bits per heavy atom. The summed E-state index contributed by atoms with van der Waals surface area (Å²) in [5.41, 5.74) is 0. The molecule has 0 aromatic rings. The molecular formula is C5H4. The van der Waals surface area contributed by atoms with Crippen molar-refractivity contribution in [2.24, 2.45) is 0 Å². The summed E-state index contributed by atoms with van der Waals surface area (Å²) in [5, 5.41) is 0. The van der Waals surface area contributed by atoms with Crippen molar-refractivity contribution < 1.29 is 0 Å². The van der Waals surface area contributed by atoms with E-state index >= 15 is 0 Å². The highest BCUT2D eigenvalue weighted by Crippen LogP contribution is 1.61. The molecule has 0 heterocycles. The van der Waals surface area contributed by atoms with Crippen LogP contribution in [0.2, 0.25) is 0 Å². The minimum atomic E-state index is 1.32. The maximum absolute atomic E-state index is 4.82. The molecule has 24 valence electrons. The second-order valence-electron chi connectivity index (χ2n) is 0.526. The van der Waals surface area contributed by atoms with Crippen LogP contribution in [0.25, 0.3) is 0 Å². The largest absolute Gasteiger partial charge is 0.0796 e. The smallest absolute Gasteiger partial charge is 0.00922 e. The number of hydrogen-bond donors (Lipinski definition) is 0. The monoisotopic (exact) mass is 64.0 g/mol. The van der Waals surface area contributed by atoms with Crippen molar-refractivity contribution in [3.05, 3.63) is 31.7 Å². The van der Waals surface area contributed by atoms with Crippen molar-refractivity contribution in [1.29, 1.82) is 0 Å². The van der Waals surface area contributed by atoms with Crippen LogP contribution in [0.4, 0.5) is 0 Å². The standard InChI is InChI=1S/C5H4/c1-3-5-4-2/h1-3,5H/b4-2?,5-3+. The Balaban J connectivity index is 2.92. The van der Waals surface area contributed by atoms with E-state index in [0.29, 0.717) is 0 Å². The number of rotatable bonds is 1. The van der Waals surface area contributed by atoms with E-state index < -0.39 is 0 Å². The molecule has 0 spiro atoms. The number of allylic oxidation sites excluding steroid dienone is 3. The molecule has 0 unspecified atom stereocenters. The molecule has 0 aliphatic rings. The van der Waals surface area contributed by atoms with Gasteiger partial charge in [-0.1, -0.05) is 18.7 Å². The van der Waals surface area contributed by atoms with Crippen LogP contribution >= 0.6 is 0 Å². The zero-order chi connectivity index (χ0) is 4.12.